The molecule has 0 aliphatic carbocycles. The highest BCUT2D eigenvalue weighted by Gasteiger charge is 2.32. The molecule has 0 spiro atoms. The van der Waals surface area contributed by atoms with E-state index in [1.54, 1.807) is 0 Å². The maximum absolute atomic E-state index is 5.82. The molecule has 1 unspecified atom stereocenters. The predicted octanol–water partition coefficient (Wildman–Crippen LogP) is 2.88. The molecule has 1 aliphatic heterocycles. The van der Waals surface area contributed by atoms with Crippen molar-refractivity contribution in [2.24, 2.45) is 11.1 Å². The summed E-state index contributed by atoms with van der Waals surface area (Å²) in [5, 5.41) is 0. The molecule has 1 aromatic carbocycles. The Hall–Kier alpha value is 0.160. The molecule has 2 rings (SSSR count). The van der Waals surface area contributed by atoms with Crippen molar-refractivity contribution in [3.8, 4) is 0 Å². The lowest BCUT2D eigenvalue weighted by Crippen LogP contribution is -2.31. The molecule has 0 saturated carbocycles. The molecule has 0 bridgehead atoms. The molecule has 4 heteroatoms. The van der Waals surface area contributed by atoms with E-state index < -0.39 is 0 Å². The van der Waals surface area contributed by atoms with Gasteiger partial charge in [-0.1, -0.05) is 19.1 Å². The zero-order chi connectivity index (χ0) is 11.6. The molecular formula is C13H20ClIN2. The fraction of sp³-hybridized carbons (Fsp3) is 0.538. The second-order valence-corrected chi connectivity index (χ2v) is 6.35. The third-order valence-electron chi connectivity index (χ3n) is 3.45. The molecule has 1 atom stereocenters. The van der Waals surface area contributed by atoms with E-state index in [1.165, 1.54) is 22.1 Å². The Labute approximate surface area is 123 Å². The lowest BCUT2D eigenvalue weighted by atomic mass is 9.90. The second-order valence-electron chi connectivity index (χ2n) is 5.10. The molecule has 0 amide bonds. The molecule has 0 aromatic heterocycles. The molecule has 17 heavy (non-hydrogen) atoms. The van der Waals surface area contributed by atoms with Crippen LogP contribution in [0.4, 0.5) is 0 Å². The number of rotatable bonds is 3. The summed E-state index contributed by atoms with van der Waals surface area (Å²) in [5.41, 5.74) is 7.56. The first-order valence-corrected chi connectivity index (χ1v) is 6.86. The Morgan fingerprint density at radius 3 is 2.53 bits per heavy atom. The molecule has 96 valence electrons. The average Bonchev–Trinajstić information content (AvgIpc) is 2.65. The van der Waals surface area contributed by atoms with Crippen LogP contribution in [0.3, 0.4) is 0 Å². The third-order valence-corrected chi connectivity index (χ3v) is 4.17. The highest BCUT2D eigenvalue weighted by Crippen LogP contribution is 2.29. The van der Waals surface area contributed by atoms with Crippen LogP contribution in [0.15, 0.2) is 24.3 Å². The van der Waals surface area contributed by atoms with E-state index in [2.05, 4.69) is 58.7 Å². The van der Waals surface area contributed by atoms with Gasteiger partial charge in [-0.25, -0.2) is 0 Å². The van der Waals surface area contributed by atoms with Gasteiger partial charge in [0.1, 0.15) is 0 Å². The van der Waals surface area contributed by atoms with Gasteiger partial charge in [-0.15, -0.1) is 12.4 Å². The van der Waals surface area contributed by atoms with Gasteiger partial charge in [0.25, 0.3) is 0 Å². The zero-order valence-electron chi connectivity index (χ0n) is 10.2. The summed E-state index contributed by atoms with van der Waals surface area (Å²) in [6.45, 7) is 6.47. The van der Waals surface area contributed by atoms with Gasteiger partial charge in [0.2, 0.25) is 0 Å². The lowest BCUT2D eigenvalue weighted by molar-refractivity contribution is 0.274. The molecular weight excluding hydrogens is 347 g/mol. The van der Waals surface area contributed by atoms with Gasteiger partial charge in [-0.3, -0.25) is 4.90 Å². The summed E-state index contributed by atoms with van der Waals surface area (Å²) in [4.78, 5) is 2.51. The Morgan fingerprint density at radius 2 is 2.00 bits per heavy atom. The normalized spacial score (nSPS) is 24.6. The van der Waals surface area contributed by atoms with E-state index in [1.807, 2.05) is 0 Å². The minimum atomic E-state index is 0. The number of benzene rings is 1. The maximum Gasteiger partial charge on any atom is 0.0233 e. The van der Waals surface area contributed by atoms with Crippen LogP contribution in [-0.4, -0.2) is 24.5 Å². The summed E-state index contributed by atoms with van der Waals surface area (Å²) in [7, 11) is 0. The van der Waals surface area contributed by atoms with Crippen LogP contribution in [0.5, 0.6) is 0 Å². The molecule has 2 N–H and O–H groups in total. The minimum absolute atomic E-state index is 0. The first-order chi connectivity index (χ1) is 7.61. The largest absolute Gasteiger partial charge is 0.330 e. The van der Waals surface area contributed by atoms with Crippen molar-refractivity contribution >= 4 is 35.0 Å². The van der Waals surface area contributed by atoms with Gasteiger partial charge in [0.15, 0.2) is 0 Å². The first-order valence-electron chi connectivity index (χ1n) is 5.78. The number of hydrogen-bond donors (Lipinski definition) is 1. The summed E-state index contributed by atoms with van der Waals surface area (Å²) in [5.74, 6) is 0. The fourth-order valence-electron chi connectivity index (χ4n) is 2.28. The van der Waals surface area contributed by atoms with Gasteiger partial charge in [0.05, 0.1) is 0 Å². The smallest absolute Gasteiger partial charge is 0.0233 e. The van der Waals surface area contributed by atoms with Crippen molar-refractivity contribution in [1.82, 2.24) is 4.90 Å². The Kier molecular flexibility index (Phi) is 5.70. The summed E-state index contributed by atoms with van der Waals surface area (Å²) in [6, 6.07) is 8.79. The van der Waals surface area contributed by atoms with Crippen LogP contribution >= 0.6 is 35.0 Å². The number of hydrogen-bond acceptors (Lipinski definition) is 2. The quantitative estimate of drug-likeness (QED) is 0.834. The third kappa shape index (κ3) is 4.09. The summed E-state index contributed by atoms with van der Waals surface area (Å²) >= 11 is 2.34. The van der Waals surface area contributed by atoms with E-state index in [-0.39, 0.29) is 12.4 Å². The number of nitrogens with two attached hydrogens (primary N) is 1. The molecule has 1 saturated heterocycles. The van der Waals surface area contributed by atoms with Gasteiger partial charge in [0, 0.05) is 16.7 Å². The van der Waals surface area contributed by atoms with E-state index in [0.717, 1.165) is 19.6 Å². The van der Waals surface area contributed by atoms with E-state index in [9.17, 15) is 0 Å². The molecule has 1 heterocycles. The van der Waals surface area contributed by atoms with Gasteiger partial charge >= 0.3 is 0 Å². The standard InChI is InChI=1S/C13H19IN2.ClH/c1-13(9-15)6-7-16(10-13)8-11-2-4-12(14)5-3-11;/h2-5H,6-10,15H2,1H3;1H. The monoisotopic (exact) mass is 366 g/mol. The van der Waals surface area contributed by atoms with Crippen LogP contribution < -0.4 is 5.73 Å². The highest BCUT2D eigenvalue weighted by atomic mass is 127. The molecule has 1 aliphatic rings. The molecule has 0 radical (unpaired) electrons. The maximum atomic E-state index is 5.82. The first kappa shape index (κ1) is 15.2. The number of nitrogens with zero attached hydrogens (tertiary/aromatic N) is 1. The summed E-state index contributed by atoms with van der Waals surface area (Å²) in [6.07, 6.45) is 1.23. The van der Waals surface area contributed by atoms with Gasteiger partial charge in [-0.05, 0) is 65.2 Å². The van der Waals surface area contributed by atoms with Crippen LogP contribution in [0.2, 0.25) is 0 Å². The number of halogens is 2. The van der Waals surface area contributed by atoms with Crippen molar-refractivity contribution in [2.45, 2.75) is 19.9 Å². The van der Waals surface area contributed by atoms with E-state index in [0.29, 0.717) is 5.41 Å². The van der Waals surface area contributed by atoms with Crippen LogP contribution in [-0.2, 0) is 6.54 Å². The predicted molar refractivity (Wildman–Crippen MR) is 83.5 cm³/mol. The van der Waals surface area contributed by atoms with Crippen LogP contribution in [0, 0.1) is 8.99 Å². The van der Waals surface area contributed by atoms with Gasteiger partial charge in [-0.2, -0.15) is 0 Å². The minimum Gasteiger partial charge on any atom is -0.330 e. The van der Waals surface area contributed by atoms with E-state index in [4.69, 9.17) is 5.73 Å². The second kappa shape index (κ2) is 6.36. The Balaban J connectivity index is 0.00000144. The van der Waals surface area contributed by atoms with E-state index >= 15 is 0 Å². The SMILES string of the molecule is CC1(CN)CCN(Cc2ccc(I)cc2)C1.Cl. The molecule has 1 aromatic rings. The van der Waals surface area contributed by atoms with Crippen molar-refractivity contribution < 1.29 is 0 Å². The Morgan fingerprint density at radius 1 is 1.35 bits per heavy atom. The zero-order valence-corrected chi connectivity index (χ0v) is 13.1. The topological polar surface area (TPSA) is 29.3 Å². The van der Waals surface area contributed by atoms with Crippen molar-refractivity contribution in [3.05, 3.63) is 33.4 Å². The summed E-state index contributed by atoms with van der Waals surface area (Å²) < 4.78 is 1.30. The molecule has 1 fully saturated rings. The van der Waals surface area contributed by atoms with Crippen molar-refractivity contribution in [1.29, 1.82) is 0 Å². The van der Waals surface area contributed by atoms with Gasteiger partial charge < -0.3 is 5.73 Å². The van der Waals surface area contributed by atoms with Crippen molar-refractivity contribution in [3.63, 3.8) is 0 Å². The number of likely N-dealkylation sites (tertiary alicyclic amines) is 1. The van der Waals surface area contributed by atoms with Crippen LogP contribution in [0.1, 0.15) is 18.9 Å². The highest BCUT2D eigenvalue weighted by molar-refractivity contribution is 14.1. The Bertz CT molecular complexity index is 355. The van der Waals surface area contributed by atoms with Crippen molar-refractivity contribution in [2.75, 3.05) is 19.6 Å². The average molecular weight is 367 g/mol. The lowest BCUT2D eigenvalue weighted by Gasteiger charge is -2.22. The van der Waals surface area contributed by atoms with Crippen LogP contribution in [0.25, 0.3) is 0 Å². The molecule has 2 nitrogen and oxygen atoms in total. The fourth-order valence-corrected chi connectivity index (χ4v) is 2.64.